The van der Waals surface area contributed by atoms with E-state index in [0.29, 0.717) is 13.0 Å². The van der Waals surface area contributed by atoms with Gasteiger partial charge >= 0.3 is 6.18 Å². The van der Waals surface area contributed by atoms with Crippen molar-refractivity contribution in [2.75, 3.05) is 19.7 Å². The summed E-state index contributed by atoms with van der Waals surface area (Å²) in [5.41, 5.74) is 0. The molecular formula is C8H16F3NO2. The van der Waals surface area contributed by atoms with Gasteiger partial charge in [-0.3, -0.25) is 0 Å². The van der Waals surface area contributed by atoms with Crippen molar-refractivity contribution in [3.05, 3.63) is 0 Å². The Balaban J connectivity index is 3.14. The first-order chi connectivity index (χ1) is 6.45. The average Bonchev–Trinajstić information content (AvgIpc) is 2.08. The SMILES string of the molecule is OC[C@@H](O)CNCCCCC(F)(F)F. The zero-order valence-corrected chi connectivity index (χ0v) is 7.85. The number of alkyl halides is 3. The van der Waals surface area contributed by atoms with Crippen LogP contribution < -0.4 is 5.32 Å². The third-order valence-corrected chi connectivity index (χ3v) is 1.65. The first-order valence-electron chi connectivity index (χ1n) is 4.52. The standard InChI is InChI=1S/C8H16F3NO2/c9-8(10,11)3-1-2-4-12-5-7(14)6-13/h7,12-14H,1-6H2/t7-/m0/s1. The van der Waals surface area contributed by atoms with E-state index in [0.717, 1.165) is 0 Å². The number of unbranched alkanes of at least 4 members (excludes halogenated alkanes) is 1. The van der Waals surface area contributed by atoms with Crippen LogP contribution in [0.4, 0.5) is 13.2 Å². The van der Waals surface area contributed by atoms with Gasteiger partial charge in [0, 0.05) is 13.0 Å². The lowest BCUT2D eigenvalue weighted by molar-refractivity contribution is -0.135. The van der Waals surface area contributed by atoms with Gasteiger partial charge in [0.15, 0.2) is 0 Å². The van der Waals surface area contributed by atoms with Crippen molar-refractivity contribution in [2.45, 2.75) is 31.5 Å². The van der Waals surface area contributed by atoms with Crippen LogP contribution in [0.25, 0.3) is 0 Å². The average molecular weight is 215 g/mol. The molecule has 0 bridgehead atoms. The van der Waals surface area contributed by atoms with Gasteiger partial charge in [-0.15, -0.1) is 0 Å². The minimum atomic E-state index is -4.08. The van der Waals surface area contributed by atoms with Crippen molar-refractivity contribution in [1.82, 2.24) is 5.32 Å². The Bertz CT molecular complexity index is 141. The first kappa shape index (κ1) is 13.7. The molecule has 0 heterocycles. The molecule has 0 saturated heterocycles. The Morgan fingerprint density at radius 2 is 1.86 bits per heavy atom. The van der Waals surface area contributed by atoms with Gasteiger partial charge in [-0.25, -0.2) is 0 Å². The van der Waals surface area contributed by atoms with Crippen LogP contribution in [0.2, 0.25) is 0 Å². The Kier molecular flexibility index (Phi) is 6.86. The fourth-order valence-electron chi connectivity index (χ4n) is 0.909. The zero-order chi connectivity index (χ0) is 11.0. The van der Waals surface area contributed by atoms with E-state index in [1.165, 1.54) is 0 Å². The van der Waals surface area contributed by atoms with Crippen LogP contribution in [0.1, 0.15) is 19.3 Å². The molecule has 0 spiro atoms. The highest BCUT2D eigenvalue weighted by atomic mass is 19.4. The summed E-state index contributed by atoms with van der Waals surface area (Å²) in [6, 6.07) is 0. The highest BCUT2D eigenvalue weighted by Gasteiger charge is 2.25. The number of aliphatic hydroxyl groups is 2. The highest BCUT2D eigenvalue weighted by molar-refractivity contribution is 4.58. The lowest BCUT2D eigenvalue weighted by atomic mass is 10.2. The van der Waals surface area contributed by atoms with Gasteiger partial charge < -0.3 is 15.5 Å². The lowest BCUT2D eigenvalue weighted by Gasteiger charge is -2.09. The summed E-state index contributed by atoms with van der Waals surface area (Å²) in [7, 11) is 0. The monoisotopic (exact) mass is 215 g/mol. The Morgan fingerprint density at radius 3 is 2.36 bits per heavy atom. The normalized spacial score (nSPS) is 14.4. The molecule has 0 aromatic heterocycles. The molecule has 0 radical (unpaired) electrons. The van der Waals surface area contributed by atoms with Gasteiger partial charge in [-0.05, 0) is 19.4 Å². The maximum absolute atomic E-state index is 11.7. The van der Waals surface area contributed by atoms with Gasteiger partial charge in [-0.1, -0.05) is 0 Å². The number of rotatable bonds is 7. The number of hydrogen-bond acceptors (Lipinski definition) is 3. The molecule has 0 saturated carbocycles. The van der Waals surface area contributed by atoms with E-state index in [4.69, 9.17) is 10.2 Å². The van der Waals surface area contributed by atoms with Gasteiger partial charge in [-0.2, -0.15) is 13.2 Å². The molecule has 0 aromatic rings. The summed E-state index contributed by atoms with van der Waals surface area (Å²) in [6.45, 7) is 0.297. The first-order valence-corrected chi connectivity index (χ1v) is 4.52. The van der Waals surface area contributed by atoms with Gasteiger partial charge in [0.05, 0.1) is 12.7 Å². The highest BCUT2D eigenvalue weighted by Crippen LogP contribution is 2.21. The van der Waals surface area contributed by atoms with Crippen molar-refractivity contribution in [1.29, 1.82) is 0 Å². The second-order valence-corrected chi connectivity index (χ2v) is 3.11. The van der Waals surface area contributed by atoms with Crippen molar-refractivity contribution in [3.63, 3.8) is 0 Å². The van der Waals surface area contributed by atoms with E-state index >= 15 is 0 Å². The minimum absolute atomic E-state index is 0.0890. The minimum Gasteiger partial charge on any atom is -0.394 e. The molecular weight excluding hydrogens is 199 g/mol. The van der Waals surface area contributed by atoms with E-state index in [1.54, 1.807) is 0 Å². The van der Waals surface area contributed by atoms with Crippen LogP contribution >= 0.6 is 0 Å². The molecule has 0 aromatic carbocycles. The van der Waals surface area contributed by atoms with Gasteiger partial charge in [0.1, 0.15) is 0 Å². The summed E-state index contributed by atoms with van der Waals surface area (Å²) in [6.07, 6.45) is -5.18. The third-order valence-electron chi connectivity index (χ3n) is 1.65. The molecule has 0 rings (SSSR count). The van der Waals surface area contributed by atoms with Gasteiger partial charge in [0.25, 0.3) is 0 Å². The van der Waals surface area contributed by atoms with Crippen LogP contribution in [-0.2, 0) is 0 Å². The van der Waals surface area contributed by atoms with Crippen molar-refractivity contribution >= 4 is 0 Å². The molecule has 86 valence electrons. The molecule has 0 amide bonds. The third kappa shape index (κ3) is 9.76. The fraction of sp³-hybridized carbons (Fsp3) is 1.00. The van der Waals surface area contributed by atoms with Crippen molar-refractivity contribution in [2.24, 2.45) is 0 Å². The Labute approximate surface area is 80.9 Å². The number of nitrogens with one attached hydrogen (secondary N) is 1. The molecule has 14 heavy (non-hydrogen) atoms. The fourth-order valence-corrected chi connectivity index (χ4v) is 0.909. The van der Waals surface area contributed by atoms with Crippen LogP contribution in [0.3, 0.4) is 0 Å². The molecule has 0 aliphatic carbocycles. The maximum Gasteiger partial charge on any atom is 0.389 e. The predicted octanol–water partition coefficient (Wildman–Crippen LogP) is 0.662. The second-order valence-electron chi connectivity index (χ2n) is 3.11. The Hall–Kier alpha value is -0.330. The van der Waals surface area contributed by atoms with Crippen molar-refractivity contribution in [3.8, 4) is 0 Å². The lowest BCUT2D eigenvalue weighted by Crippen LogP contribution is -2.30. The zero-order valence-electron chi connectivity index (χ0n) is 7.85. The molecule has 6 heteroatoms. The molecule has 0 aliphatic heterocycles. The van der Waals surface area contributed by atoms with E-state index in [1.807, 2.05) is 0 Å². The molecule has 3 N–H and O–H groups in total. The van der Waals surface area contributed by atoms with Crippen molar-refractivity contribution < 1.29 is 23.4 Å². The summed E-state index contributed by atoms with van der Waals surface area (Å²) in [5.74, 6) is 0. The molecule has 1 atom stereocenters. The van der Waals surface area contributed by atoms with Gasteiger partial charge in [0.2, 0.25) is 0 Å². The largest absolute Gasteiger partial charge is 0.394 e. The number of aliphatic hydroxyl groups excluding tert-OH is 2. The quantitative estimate of drug-likeness (QED) is 0.547. The van der Waals surface area contributed by atoms with E-state index in [9.17, 15) is 13.2 Å². The molecule has 0 unspecified atom stereocenters. The van der Waals surface area contributed by atoms with E-state index in [-0.39, 0.29) is 19.6 Å². The van der Waals surface area contributed by atoms with E-state index in [2.05, 4.69) is 5.32 Å². The maximum atomic E-state index is 11.7. The summed E-state index contributed by atoms with van der Waals surface area (Å²) < 4.78 is 35.0. The molecule has 3 nitrogen and oxygen atoms in total. The van der Waals surface area contributed by atoms with Crippen LogP contribution in [0, 0.1) is 0 Å². The topological polar surface area (TPSA) is 52.5 Å². The second kappa shape index (κ2) is 7.03. The molecule has 0 fully saturated rings. The van der Waals surface area contributed by atoms with E-state index < -0.39 is 18.7 Å². The number of hydrogen-bond donors (Lipinski definition) is 3. The van der Waals surface area contributed by atoms with Crippen LogP contribution in [-0.4, -0.2) is 42.2 Å². The van der Waals surface area contributed by atoms with Crippen LogP contribution in [0.15, 0.2) is 0 Å². The Morgan fingerprint density at radius 1 is 1.21 bits per heavy atom. The predicted molar refractivity (Wildman–Crippen MR) is 45.9 cm³/mol. The summed E-state index contributed by atoms with van der Waals surface area (Å²) in [4.78, 5) is 0. The summed E-state index contributed by atoms with van der Waals surface area (Å²) in [5, 5.41) is 20.0. The molecule has 0 aliphatic rings. The van der Waals surface area contributed by atoms with Crippen LogP contribution in [0.5, 0.6) is 0 Å². The number of halogens is 3. The summed E-state index contributed by atoms with van der Waals surface area (Å²) >= 11 is 0. The smallest absolute Gasteiger partial charge is 0.389 e.